The number of rotatable bonds is 6. The number of hydrogen-bond donors (Lipinski definition) is 2. The maximum atomic E-state index is 10.9. The standard InChI is InChI=1S/C13H21N3O3S/c1-10-12(13(18)19)20-11(14-10)2-3-15-4-6-16(7-5-15)8-9-17/h17H,2-9H2,1H3,(H,18,19). The second kappa shape index (κ2) is 7.12. The van der Waals surface area contributed by atoms with Crippen LogP contribution in [0.5, 0.6) is 0 Å². The number of carbonyl (C=O) groups excluding carboxylic acids is 1. The van der Waals surface area contributed by atoms with Gasteiger partial charge in [-0.15, -0.1) is 11.3 Å². The second-order valence-corrected chi connectivity index (χ2v) is 6.21. The molecule has 2 heterocycles. The van der Waals surface area contributed by atoms with Gasteiger partial charge in [0.15, 0.2) is 0 Å². The summed E-state index contributed by atoms with van der Waals surface area (Å²) < 4.78 is 0. The molecule has 1 aromatic rings. The van der Waals surface area contributed by atoms with Crippen LogP contribution in [0.4, 0.5) is 0 Å². The molecule has 1 saturated heterocycles. The van der Waals surface area contributed by atoms with Gasteiger partial charge in [0.2, 0.25) is 0 Å². The molecule has 0 saturated carbocycles. The van der Waals surface area contributed by atoms with Gasteiger partial charge < -0.3 is 19.9 Å². The molecule has 0 atom stereocenters. The Labute approximate surface area is 122 Å². The Morgan fingerprint density at radius 1 is 1.50 bits per heavy atom. The van der Waals surface area contributed by atoms with Crippen LogP contribution in [-0.4, -0.2) is 66.8 Å². The van der Waals surface area contributed by atoms with E-state index in [1.807, 2.05) is 0 Å². The number of β-amino-alcohol motifs (C(OH)–C–C–N with tert-alkyl or cyclic N) is 1. The minimum Gasteiger partial charge on any atom is -0.544 e. The van der Waals surface area contributed by atoms with Gasteiger partial charge in [0.1, 0.15) is 0 Å². The van der Waals surface area contributed by atoms with Gasteiger partial charge in [0, 0.05) is 26.1 Å². The third kappa shape index (κ3) is 3.99. The molecule has 20 heavy (non-hydrogen) atoms. The molecule has 0 aromatic carbocycles. The quantitative estimate of drug-likeness (QED) is 0.609. The molecule has 0 aliphatic carbocycles. The highest BCUT2D eigenvalue weighted by molar-refractivity contribution is 7.13. The molecule has 112 valence electrons. The van der Waals surface area contributed by atoms with E-state index in [2.05, 4.69) is 9.88 Å². The zero-order chi connectivity index (χ0) is 14.5. The average molecular weight is 299 g/mol. The van der Waals surface area contributed by atoms with Gasteiger partial charge in [-0.1, -0.05) is 0 Å². The monoisotopic (exact) mass is 299 g/mol. The van der Waals surface area contributed by atoms with E-state index in [-0.39, 0.29) is 11.5 Å². The van der Waals surface area contributed by atoms with Gasteiger partial charge in [-0.2, -0.15) is 0 Å². The lowest BCUT2D eigenvalue weighted by Gasteiger charge is -2.31. The number of aliphatic hydroxyl groups is 1. The minimum absolute atomic E-state index is 0.222. The molecule has 0 bridgehead atoms. The number of nitrogens with zero attached hydrogens (tertiary/aromatic N) is 2. The maximum absolute atomic E-state index is 10.9. The molecule has 1 fully saturated rings. The van der Waals surface area contributed by atoms with Crippen LogP contribution in [0.1, 0.15) is 20.4 Å². The molecular weight excluding hydrogens is 278 g/mol. The Bertz CT molecular complexity index is 456. The van der Waals surface area contributed by atoms with E-state index in [1.165, 1.54) is 16.2 Å². The first-order valence-corrected chi connectivity index (χ1v) is 7.76. The van der Waals surface area contributed by atoms with Crippen molar-refractivity contribution in [2.24, 2.45) is 0 Å². The third-order valence-corrected chi connectivity index (χ3v) is 4.90. The van der Waals surface area contributed by atoms with Crippen LogP contribution < -0.4 is 10.0 Å². The summed E-state index contributed by atoms with van der Waals surface area (Å²) in [4.78, 5) is 19.2. The SMILES string of the molecule is Cc1nc(CC[NH+]2CCN(CCO)CC2)sc1C(=O)[O-]. The number of thiazole rings is 1. The fourth-order valence-corrected chi connectivity index (χ4v) is 3.42. The van der Waals surface area contributed by atoms with E-state index in [0.29, 0.717) is 5.69 Å². The summed E-state index contributed by atoms with van der Waals surface area (Å²) >= 11 is 1.23. The zero-order valence-corrected chi connectivity index (χ0v) is 12.5. The highest BCUT2D eigenvalue weighted by Crippen LogP contribution is 2.17. The topological polar surface area (TPSA) is 80.9 Å². The number of aliphatic hydroxyl groups excluding tert-OH is 1. The number of nitrogens with one attached hydrogen (secondary N) is 1. The molecule has 0 amide bonds. The molecule has 0 unspecified atom stereocenters. The number of aromatic carboxylic acids is 1. The lowest BCUT2D eigenvalue weighted by molar-refractivity contribution is -0.904. The lowest BCUT2D eigenvalue weighted by Crippen LogP contribution is -3.15. The van der Waals surface area contributed by atoms with Crippen molar-refractivity contribution in [3.8, 4) is 0 Å². The molecule has 0 spiro atoms. The number of aryl methyl sites for hydroxylation is 1. The Balaban J connectivity index is 1.79. The summed E-state index contributed by atoms with van der Waals surface area (Å²) in [5.74, 6) is -1.13. The van der Waals surface area contributed by atoms with Crippen LogP contribution >= 0.6 is 11.3 Å². The zero-order valence-electron chi connectivity index (χ0n) is 11.7. The van der Waals surface area contributed by atoms with Gasteiger partial charge in [0.25, 0.3) is 0 Å². The van der Waals surface area contributed by atoms with Crippen LogP contribution in [0.15, 0.2) is 0 Å². The summed E-state index contributed by atoms with van der Waals surface area (Å²) in [6.07, 6.45) is 0.814. The highest BCUT2D eigenvalue weighted by atomic mass is 32.1. The minimum atomic E-state index is -1.13. The number of carboxylic acids is 1. The average Bonchev–Trinajstić information content (AvgIpc) is 2.80. The van der Waals surface area contributed by atoms with E-state index >= 15 is 0 Å². The van der Waals surface area contributed by atoms with Crippen molar-refractivity contribution in [2.45, 2.75) is 13.3 Å². The van der Waals surface area contributed by atoms with Gasteiger partial charge in [-0.3, -0.25) is 4.90 Å². The lowest BCUT2D eigenvalue weighted by atomic mass is 10.3. The fraction of sp³-hybridized carbons (Fsp3) is 0.692. The molecule has 7 heteroatoms. The van der Waals surface area contributed by atoms with E-state index in [4.69, 9.17) is 5.11 Å². The van der Waals surface area contributed by atoms with Crippen LogP contribution in [0.3, 0.4) is 0 Å². The van der Waals surface area contributed by atoms with Gasteiger partial charge >= 0.3 is 0 Å². The Kier molecular flexibility index (Phi) is 5.47. The van der Waals surface area contributed by atoms with Gasteiger partial charge in [0.05, 0.1) is 47.8 Å². The van der Waals surface area contributed by atoms with Crippen molar-refractivity contribution in [2.75, 3.05) is 45.9 Å². The molecule has 2 rings (SSSR count). The molecular formula is C13H21N3O3S. The van der Waals surface area contributed by atoms with Crippen molar-refractivity contribution in [3.63, 3.8) is 0 Å². The van der Waals surface area contributed by atoms with Crippen LogP contribution in [0.25, 0.3) is 0 Å². The van der Waals surface area contributed by atoms with Crippen LogP contribution in [0.2, 0.25) is 0 Å². The molecule has 2 N–H and O–H groups in total. The number of carboxylic acid groups (broad SMARTS) is 1. The predicted octanol–water partition coefficient (Wildman–Crippen LogP) is -2.45. The molecule has 1 aromatic heterocycles. The number of carbonyl (C=O) groups is 1. The number of piperazine rings is 1. The van der Waals surface area contributed by atoms with Crippen molar-refractivity contribution in [1.29, 1.82) is 0 Å². The smallest absolute Gasteiger partial charge is 0.0991 e. The predicted molar refractivity (Wildman–Crippen MR) is 74.0 cm³/mol. The van der Waals surface area contributed by atoms with E-state index < -0.39 is 5.97 Å². The van der Waals surface area contributed by atoms with Crippen molar-refractivity contribution in [3.05, 3.63) is 15.6 Å². The van der Waals surface area contributed by atoms with E-state index in [0.717, 1.165) is 50.7 Å². The fourth-order valence-electron chi connectivity index (χ4n) is 2.52. The van der Waals surface area contributed by atoms with Crippen molar-refractivity contribution >= 4 is 17.3 Å². The first-order chi connectivity index (χ1) is 9.60. The Hall–Kier alpha value is -1.02. The normalized spacial score (nSPS) is 17.5. The summed E-state index contributed by atoms with van der Waals surface area (Å²) in [6, 6.07) is 0. The van der Waals surface area contributed by atoms with E-state index in [1.54, 1.807) is 6.92 Å². The Morgan fingerprint density at radius 3 is 2.75 bits per heavy atom. The number of quaternary nitrogens is 1. The second-order valence-electron chi connectivity index (χ2n) is 5.12. The molecule has 1 aliphatic rings. The largest absolute Gasteiger partial charge is 0.544 e. The summed E-state index contributed by atoms with van der Waals surface area (Å²) in [6.45, 7) is 7.83. The van der Waals surface area contributed by atoms with Crippen molar-refractivity contribution in [1.82, 2.24) is 9.88 Å². The first-order valence-electron chi connectivity index (χ1n) is 6.94. The number of aromatic nitrogens is 1. The Morgan fingerprint density at radius 2 is 2.20 bits per heavy atom. The summed E-state index contributed by atoms with van der Waals surface area (Å²) in [5.41, 5.74) is 0.563. The maximum Gasteiger partial charge on any atom is 0.0991 e. The van der Waals surface area contributed by atoms with Crippen molar-refractivity contribution < 1.29 is 19.9 Å². The van der Waals surface area contributed by atoms with Crippen LogP contribution in [0, 0.1) is 6.92 Å². The third-order valence-electron chi connectivity index (χ3n) is 3.70. The van der Waals surface area contributed by atoms with Gasteiger partial charge in [-0.05, 0) is 6.92 Å². The van der Waals surface area contributed by atoms with E-state index in [9.17, 15) is 9.90 Å². The highest BCUT2D eigenvalue weighted by Gasteiger charge is 2.19. The van der Waals surface area contributed by atoms with Gasteiger partial charge in [-0.25, -0.2) is 4.98 Å². The van der Waals surface area contributed by atoms with Crippen LogP contribution in [-0.2, 0) is 6.42 Å². The summed E-state index contributed by atoms with van der Waals surface area (Å²) in [7, 11) is 0. The summed E-state index contributed by atoms with van der Waals surface area (Å²) in [5, 5.41) is 20.6. The number of hydrogen-bond acceptors (Lipinski definition) is 6. The first kappa shape index (κ1) is 15.4. The molecule has 6 nitrogen and oxygen atoms in total. The molecule has 1 aliphatic heterocycles. The molecule has 0 radical (unpaired) electrons.